The molecule has 0 bridgehead atoms. The lowest BCUT2D eigenvalue weighted by Gasteiger charge is -2.37. The zero-order valence-electron chi connectivity index (χ0n) is 22.5. The summed E-state index contributed by atoms with van der Waals surface area (Å²) in [6, 6.07) is 6.27. The molecule has 1 saturated heterocycles. The second-order valence-corrected chi connectivity index (χ2v) is 12.3. The van der Waals surface area contributed by atoms with Gasteiger partial charge < -0.3 is 9.64 Å². The third kappa shape index (κ3) is 4.20. The van der Waals surface area contributed by atoms with Crippen molar-refractivity contribution in [2.24, 2.45) is 10.4 Å². The highest BCUT2D eigenvalue weighted by Gasteiger charge is 2.40. The first-order valence-corrected chi connectivity index (χ1v) is 13.9. The molecule has 2 aliphatic heterocycles. The second-order valence-electron chi connectivity index (χ2n) is 11.1. The molecule has 1 spiro atoms. The maximum atomic E-state index is 8.77. The average molecular weight is 506 g/mol. The number of aliphatic imine (C=N–C) groups is 1. The number of thiophene rings is 1. The largest absolute Gasteiger partial charge is 0.496 e. The van der Waals surface area contributed by atoms with Crippen LogP contribution in [0.1, 0.15) is 79.0 Å². The van der Waals surface area contributed by atoms with E-state index in [1.54, 1.807) is 30.3 Å². The summed E-state index contributed by atoms with van der Waals surface area (Å²) in [7, 11) is 4.03. The number of hydrogen-bond acceptors (Lipinski definition) is 6. The van der Waals surface area contributed by atoms with Crippen LogP contribution in [0.3, 0.4) is 0 Å². The quantitative estimate of drug-likeness (QED) is 0.376. The van der Waals surface area contributed by atoms with E-state index in [-0.39, 0.29) is 6.04 Å². The van der Waals surface area contributed by atoms with Crippen molar-refractivity contribution in [1.29, 1.82) is 10.8 Å². The van der Waals surface area contributed by atoms with Crippen LogP contribution in [0, 0.1) is 30.1 Å². The van der Waals surface area contributed by atoms with Gasteiger partial charge in [-0.3, -0.25) is 20.7 Å². The Morgan fingerprint density at radius 1 is 1.19 bits per heavy atom. The Bertz CT molecular complexity index is 1240. The normalized spacial score (nSPS) is 26.7. The van der Waals surface area contributed by atoms with Gasteiger partial charge in [-0.05, 0) is 102 Å². The minimum absolute atomic E-state index is 0.343. The van der Waals surface area contributed by atoms with Crippen molar-refractivity contribution in [2.45, 2.75) is 71.8 Å². The summed E-state index contributed by atoms with van der Waals surface area (Å²) in [5, 5.41) is 18.1. The lowest BCUT2D eigenvalue weighted by molar-refractivity contribution is 0.180. The molecule has 3 heterocycles. The number of anilines is 1. The van der Waals surface area contributed by atoms with Gasteiger partial charge in [0.2, 0.25) is 0 Å². The number of methoxy groups -OCH3 is 1. The van der Waals surface area contributed by atoms with Crippen molar-refractivity contribution in [3.63, 3.8) is 0 Å². The molecule has 2 aromatic rings. The number of ether oxygens (including phenoxy) is 1. The molecule has 1 aromatic heterocycles. The summed E-state index contributed by atoms with van der Waals surface area (Å²) in [6.45, 7) is 10.4. The number of nitrogens with zero attached hydrogens (tertiary/aromatic N) is 3. The van der Waals surface area contributed by atoms with Gasteiger partial charge in [0.15, 0.2) is 0 Å². The fourth-order valence-corrected chi connectivity index (χ4v) is 7.74. The smallest absolute Gasteiger partial charge is 0.132 e. The average Bonchev–Trinajstić information content (AvgIpc) is 3.32. The summed E-state index contributed by atoms with van der Waals surface area (Å²) in [4.78, 5) is 10.5. The highest BCUT2D eigenvalue weighted by Crippen LogP contribution is 2.49. The van der Waals surface area contributed by atoms with E-state index in [4.69, 9.17) is 20.5 Å². The maximum absolute atomic E-state index is 8.77. The molecule has 1 aliphatic carbocycles. The molecular formula is C29H39N5OS. The predicted octanol–water partition coefficient (Wildman–Crippen LogP) is 6.37. The molecule has 2 fully saturated rings. The number of nitrogens with one attached hydrogen (secondary N) is 2. The van der Waals surface area contributed by atoms with Crippen LogP contribution in [-0.4, -0.2) is 55.6 Å². The van der Waals surface area contributed by atoms with Crippen LogP contribution in [0.5, 0.6) is 5.75 Å². The maximum Gasteiger partial charge on any atom is 0.132 e. The van der Waals surface area contributed by atoms with Gasteiger partial charge >= 0.3 is 0 Å². The summed E-state index contributed by atoms with van der Waals surface area (Å²) < 4.78 is 5.98. The van der Waals surface area contributed by atoms with E-state index in [1.165, 1.54) is 61.2 Å². The Morgan fingerprint density at radius 3 is 2.53 bits per heavy atom. The van der Waals surface area contributed by atoms with E-state index in [9.17, 15) is 0 Å². The number of rotatable bonds is 3. The Morgan fingerprint density at radius 2 is 1.92 bits per heavy atom. The van der Waals surface area contributed by atoms with E-state index in [0.717, 1.165) is 27.6 Å². The fourth-order valence-electron chi connectivity index (χ4n) is 6.52. The van der Waals surface area contributed by atoms with Gasteiger partial charge in [0.1, 0.15) is 28.5 Å². The van der Waals surface area contributed by atoms with Gasteiger partial charge in [0, 0.05) is 22.5 Å². The molecule has 0 amide bonds. The fraction of sp³-hybridized carbons (Fsp3) is 0.552. The molecule has 2 N–H and O–H groups in total. The molecule has 192 valence electrons. The van der Waals surface area contributed by atoms with Gasteiger partial charge in [0.25, 0.3) is 0 Å². The van der Waals surface area contributed by atoms with Crippen LogP contribution >= 0.6 is 11.3 Å². The van der Waals surface area contributed by atoms with Crippen LogP contribution < -0.4 is 9.64 Å². The molecule has 5 rings (SSSR count). The molecule has 1 atom stereocenters. The van der Waals surface area contributed by atoms with Gasteiger partial charge in [-0.2, -0.15) is 0 Å². The van der Waals surface area contributed by atoms with Crippen LogP contribution in [0.4, 0.5) is 5.00 Å². The van der Waals surface area contributed by atoms with E-state index < -0.39 is 0 Å². The summed E-state index contributed by atoms with van der Waals surface area (Å²) in [6.07, 6.45) is 6.38. The van der Waals surface area contributed by atoms with Gasteiger partial charge in [-0.25, -0.2) is 0 Å². The first-order chi connectivity index (χ1) is 17.1. The van der Waals surface area contributed by atoms with Crippen molar-refractivity contribution in [3.8, 4) is 5.75 Å². The second kappa shape index (κ2) is 9.42. The minimum Gasteiger partial charge on any atom is -0.496 e. The van der Waals surface area contributed by atoms with Gasteiger partial charge in [-0.1, -0.05) is 12.1 Å². The van der Waals surface area contributed by atoms with Gasteiger partial charge in [0.05, 0.1) is 12.8 Å². The van der Waals surface area contributed by atoms with Crippen LogP contribution in [0.15, 0.2) is 23.2 Å². The molecule has 6 nitrogen and oxygen atoms in total. The van der Waals surface area contributed by atoms with Crippen molar-refractivity contribution in [3.05, 3.63) is 45.3 Å². The van der Waals surface area contributed by atoms with Crippen molar-refractivity contribution < 1.29 is 4.74 Å². The highest BCUT2D eigenvalue weighted by molar-refractivity contribution is 7.17. The minimum atomic E-state index is -0.343. The number of hydrogen-bond donors (Lipinski definition) is 2. The topological polar surface area (TPSA) is 75.8 Å². The standard InChI is InChI=1S/C29H39N5OS/c1-17-19(3)36-28-25(17)26(32-18(2)27(31)34(28)20(4)30)22-7-8-23(24(15-22)35-6)21-9-11-29(12-10-21)13-14-33(5)16-29/h7-8,15,18,21,30-31H,9-14,16H2,1-6H3. The van der Waals surface area contributed by atoms with E-state index >= 15 is 0 Å². The van der Waals surface area contributed by atoms with Gasteiger partial charge in [-0.15, -0.1) is 11.3 Å². The third-order valence-corrected chi connectivity index (χ3v) is 9.92. The predicted molar refractivity (Wildman–Crippen MR) is 151 cm³/mol. The Kier molecular flexibility index (Phi) is 6.58. The Balaban J connectivity index is 1.51. The van der Waals surface area contributed by atoms with Crippen LogP contribution in [0.25, 0.3) is 0 Å². The first-order valence-electron chi connectivity index (χ1n) is 13.1. The van der Waals surface area contributed by atoms with Crippen LogP contribution in [-0.2, 0) is 0 Å². The first kappa shape index (κ1) is 25.2. The molecule has 1 unspecified atom stereocenters. The number of benzene rings is 1. The number of likely N-dealkylation sites (tertiary alicyclic amines) is 1. The molecule has 1 aromatic carbocycles. The molecule has 0 radical (unpaired) electrons. The molecule has 7 heteroatoms. The lowest BCUT2D eigenvalue weighted by Crippen LogP contribution is -2.38. The number of amidine groups is 2. The third-order valence-electron chi connectivity index (χ3n) is 8.72. The highest BCUT2D eigenvalue weighted by atomic mass is 32.1. The molecule has 36 heavy (non-hydrogen) atoms. The summed E-state index contributed by atoms with van der Waals surface area (Å²) in [5.41, 5.74) is 5.97. The van der Waals surface area contributed by atoms with Crippen molar-refractivity contribution in [2.75, 3.05) is 32.1 Å². The number of fused-ring (bicyclic) bond motifs is 1. The zero-order chi connectivity index (χ0) is 25.8. The van der Waals surface area contributed by atoms with E-state index in [0.29, 0.717) is 23.0 Å². The molecule has 3 aliphatic rings. The number of aryl methyl sites for hydroxylation is 1. The van der Waals surface area contributed by atoms with Crippen LogP contribution in [0.2, 0.25) is 0 Å². The van der Waals surface area contributed by atoms with E-state index in [2.05, 4.69) is 44.0 Å². The molecule has 1 saturated carbocycles. The Labute approximate surface area is 219 Å². The SMILES string of the molecule is COc1cc(C2=NC(C)C(=N)N(C(C)=N)c3sc(C)c(C)c32)ccc1C1CCC2(CC1)CCN(C)C2. The monoisotopic (exact) mass is 505 g/mol. The lowest BCUT2D eigenvalue weighted by atomic mass is 9.68. The summed E-state index contributed by atoms with van der Waals surface area (Å²) >= 11 is 1.64. The van der Waals surface area contributed by atoms with E-state index in [1.807, 2.05) is 6.92 Å². The zero-order valence-corrected chi connectivity index (χ0v) is 23.3. The van der Waals surface area contributed by atoms with Crippen molar-refractivity contribution in [1.82, 2.24) is 4.90 Å². The Hall–Kier alpha value is -2.51. The summed E-state index contributed by atoms with van der Waals surface area (Å²) in [5.74, 6) is 2.17. The van der Waals surface area contributed by atoms with Crippen molar-refractivity contribution >= 4 is 33.7 Å². The molecular weight excluding hydrogens is 466 g/mol.